The Labute approximate surface area is 260 Å². The number of alkyl halides is 1. The molecule has 0 aromatic rings. The quantitative estimate of drug-likeness (QED) is 0.127. The maximum absolute atomic E-state index is 8.10. The first-order chi connectivity index (χ1) is 16.0. The predicted octanol–water partition coefficient (Wildman–Crippen LogP) is 5.13. The molecule has 1 N–H and O–H groups in total. The van der Waals surface area contributed by atoms with E-state index in [0.717, 1.165) is 63.9 Å². The molecule has 0 unspecified atom stereocenters. The van der Waals surface area contributed by atoms with E-state index in [1.165, 1.54) is 0 Å². The zero-order valence-corrected chi connectivity index (χ0v) is 31.3. The van der Waals surface area contributed by atoms with Gasteiger partial charge in [0.2, 0.25) is 0 Å². The molecule has 0 saturated heterocycles. The molecule has 210 valence electrons. The van der Waals surface area contributed by atoms with Crippen molar-refractivity contribution in [1.82, 2.24) is 0 Å². The average molecular weight is 618 g/mol. The second-order valence-corrected chi connectivity index (χ2v) is 22.0. The third-order valence-electron chi connectivity index (χ3n) is 6.34. The molecule has 0 spiro atoms. The van der Waals surface area contributed by atoms with Gasteiger partial charge in [-0.2, -0.15) is 0 Å². The molecule has 0 rings (SSSR count). The standard InChI is InChI=1S/C14H28O2Si.C9H21BrOSi.C5H8O.Na.H/c1-7-8-9-11-15-12-10-13-16-17(5,6)14(2,3)4;1-9(2,3)12(4,5)11-8-6-7-10;1-2-3-4-5-6;;/h1H,8-13H2,2-6H3;6-8H2,1-5H3;1,6H,3-5H2;;/q;;;+1;-1. The van der Waals surface area contributed by atoms with Crippen molar-refractivity contribution in [3.05, 3.63) is 0 Å². The predicted molar refractivity (Wildman–Crippen MR) is 164 cm³/mol. The van der Waals surface area contributed by atoms with Crippen molar-refractivity contribution in [2.45, 2.75) is 116 Å². The molecule has 0 bridgehead atoms. The third kappa shape index (κ3) is 26.5. The molecule has 0 saturated carbocycles. The number of halogens is 1. The molecular weight excluding hydrogens is 559 g/mol. The first-order valence-electron chi connectivity index (χ1n) is 12.9. The summed E-state index contributed by atoms with van der Waals surface area (Å²) in [5.41, 5.74) is 0. The Morgan fingerprint density at radius 2 is 1.11 bits per heavy atom. The van der Waals surface area contributed by atoms with Crippen LogP contribution in [0, 0.1) is 24.7 Å². The van der Waals surface area contributed by atoms with Crippen molar-refractivity contribution < 1.29 is 49.7 Å². The summed E-state index contributed by atoms with van der Waals surface area (Å²) < 4.78 is 17.5. The Hall–Kier alpha value is 0.874. The number of aliphatic hydroxyl groups is 1. The first kappa shape index (κ1) is 43.9. The van der Waals surface area contributed by atoms with Gasteiger partial charge in [-0.05, 0) is 61.9 Å². The first-order valence-corrected chi connectivity index (χ1v) is 19.9. The zero-order valence-electron chi connectivity index (χ0n) is 26.7. The van der Waals surface area contributed by atoms with Crippen LogP contribution in [0.5, 0.6) is 0 Å². The largest absolute Gasteiger partial charge is 1.00 e. The smallest absolute Gasteiger partial charge is 1.00 e. The van der Waals surface area contributed by atoms with Gasteiger partial charge in [0.25, 0.3) is 0 Å². The van der Waals surface area contributed by atoms with Crippen molar-refractivity contribution in [2.75, 3.05) is 38.4 Å². The molecule has 0 radical (unpaired) electrons. The van der Waals surface area contributed by atoms with Gasteiger partial charge >= 0.3 is 29.6 Å². The summed E-state index contributed by atoms with van der Waals surface area (Å²) in [5, 5.41) is 9.78. The van der Waals surface area contributed by atoms with Crippen LogP contribution in [-0.4, -0.2) is 60.1 Å². The van der Waals surface area contributed by atoms with Crippen LogP contribution in [0.1, 0.15) is 81.5 Å². The maximum atomic E-state index is 8.10. The van der Waals surface area contributed by atoms with E-state index in [4.69, 9.17) is 31.5 Å². The summed E-state index contributed by atoms with van der Waals surface area (Å²) in [7, 11) is -3.03. The number of aliphatic hydroxyl groups excluding tert-OH is 1. The molecule has 0 aliphatic carbocycles. The van der Waals surface area contributed by atoms with Crippen molar-refractivity contribution in [3.63, 3.8) is 0 Å². The molecule has 0 aliphatic heterocycles. The van der Waals surface area contributed by atoms with E-state index in [2.05, 4.69) is 95.5 Å². The molecule has 0 atom stereocenters. The van der Waals surface area contributed by atoms with E-state index in [-0.39, 0.29) is 37.6 Å². The van der Waals surface area contributed by atoms with Crippen molar-refractivity contribution >= 4 is 32.6 Å². The molecule has 8 heteroatoms. The Kier molecular flexibility index (Phi) is 30.4. The molecule has 0 amide bonds. The summed E-state index contributed by atoms with van der Waals surface area (Å²) in [6.45, 7) is 26.2. The van der Waals surface area contributed by atoms with Gasteiger partial charge in [0.05, 0.1) is 0 Å². The molecule has 0 aromatic heterocycles. The van der Waals surface area contributed by atoms with Gasteiger partial charge in [0.15, 0.2) is 16.6 Å². The van der Waals surface area contributed by atoms with Gasteiger partial charge < -0.3 is 20.1 Å². The molecule has 0 aromatic carbocycles. The second-order valence-electron chi connectivity index (χ2n) is 11.6. The van der Waals surface area contributed by atoms with Crippen LogP contribution >= 0.6 is 15.9 Å². The fourth-order valence-electron chi connectivity index (χ4n) is 1.86. The molecule has 0 heterocycles. The van der Waals surface area contributed by atoms with E-state index < -0.39 is 16.6 Å². The van der Waals surface area contributed by atoms with Gasteiger partial charge in [0.1, 0.15) is 0 Å². The molecule has 0 aliphatic rings. The number of hydrogen-bond donors (Lipinski definition) is 1. The van der Waals surface area contributed by atoms with Crippen LogP contribution < -0.4 is 29.6 Å². The van der Waals surface area contributed by atoms with E-state index in [1.54, 1.807) is 0 Å². The van der Waals surface area contributed by atoms with Gasteiger partial charge in [-0.15, -0.1) is 24.7 Å². The minimum atomic E-state index is -1.57. The number of ether oxygens (including phenoxy) is 1. The summed E-state index contributed by atoms with van der Waals surface area (Å²) >= 11 is 3.40. The molecule has 0 fully saturated rings. The molecular formula is C28H58BrNaO4Si2. The second kappa shape index (κ2) is 24.9. The van der Waals surface area contributed by atoms with E-state index >= 15 is 0 Å². The van der Waals surface area contributed by atoms with Crippen LogP contribution in [0.15, 0.2) is 0 Å². The Bertz CT molecular complexity index is 581. The number of rotatable bonds is 14. The summed E-state index contributed by atoms with van der Waals surface area (Å²) in [5.74, 6) is 5.02. The number of hydrogen-bond acceptors (Lipinski definition) is 4. The van der Waals surface area contributed by atoms with Crippen LogP contribution in [0.3, 0.4) is 0 Å². The van der Waals surface area contributed by atoms with Gasteiger partial charge in [-0.1, -0.05) is 57.5 Å². The van der Waals surface area contributed by atoms with E-state index in [9.17, 15) is 0 Å². The van der Waals surface area contributed by atoms with Crippen LogP contribution in [-0.2, 0) is 13.6 Å². The third-order valence-corrected chi connectivity index (χ3v) is 16.0. The van der Waals surface area contributed by atoms with Crippen molar-refractivity contribution in [3.8, 4) is 24.7 Å². The summed E-state index contributed by atoms with van der Waals surface area (Å²) in [6.07, 6.45) is 15.3. The maximum Gasteiger partial charge on any atom is 1.00 e. The van der Waals surface area contributed by atoms with E-state index in [1.807, 2.05) is 0 Å². The topological polar surface area (TPSA) is 47.9 Å². The number of unbranched alkanes of at least 4 members (excludes halogenated alkanes) is 2. The normalized spacial score (nSPS) is 11.6. The van der Waals surface area contributed by atoms with Crippen LogP contribution in [0.2, 0.25) is 36.3 Å². The van der Waals surface area contributed by atoms with Gasteiger partial charge in [0, 0.05) is 51.2 Å². The van der Waals surface area contributed by atoms with Crippen molar-refractivity contribution in [2.24, 2.45) is 0 Å². The Balaban J connectivity index is -0.000000149. The van der Waals surface area contributed by atoms with Crippen molar-refractivity contribution in [1.29, 1.82) is 0 Å². The number of terminal acetylenes is 2. The summed E-state index contributed by atoms with van der Waals surface area (Å²) in [4.78, 5) is 0. The van der Waals surface area contributed by atoms with Gasteiger partial charge in [-0.25, -0.2) is 0 Å². The van der Waals surface area contributed by atoms with E-state index in [0.29, 0.717) is 16.5 Å². The fraction of sp³-hybridized carbons (Fsp3) is 0.857. The Morgan fingerprint density at radius 1 is 0.722 bits per heavy atom. The minimum Gasteiger partial charge on any atom is -1.00 e. The fourth-order valence-corrected chi connectivity index (χ4v) is 4.27. The monoisotopic (exact) mass is 616 g/mol. The Morgan fingerprint density at radius 3 is 1.44 bits per heavy atom. The molecule has 4 nitrogen and oxygen atoms in total. The zero-order chi connectivity index (χ0) is 28.0. The van der Waals surface area contributed by atoms with Crippen LogP contribution in [0.4, 0.5) is 0 Å². The minimum absolute atomic E-state index is 0. The summed E-state index contributed by atoms with van der Waals surface area (Å²) in [6, 6.07) is 0. The average Bonchev–Trinajstić information content (AvgIpc) is 2.73. The van der Waals surface area contributed by atoms with Gasteiger partial charge in [-0.3, -0.25) is 0 Å². The SMILES string of the molecule is C#CCCCO.C#CCCCOCCCO[Si](C)(C)C(C)(C)C.CC(C)(C)[Si](C)(C)OCCCBr.[H-].[Na+]. The van der Waals surface area contributed by atoms with Crippen LogP contribution in [0.25, 0.3) is 0 Å². The molecule has 36 heavy (non-hydrogen) atoms.